The third-order valence-corrected chi connectivity index (χ3v) is 2.83. The molecule has 0 fully saturated rings. The highest BCUT2D eigenvalue weighted by atomic mass is 19.1. The minimum atomic E-state index is -0.621. The Labute approximate surface area is 120 Å². The van der Waals surface area contributed by atoms with E-state index >= 15 is 0 Å². The van der Waals surface area contributed by atoms with E-state index in [-0.39, 0.29) is 18.0 Å². The van der Waals surface area contributed by atoms with Gasteiger partial charge >= 0.3 is 5.69 Å². The molecule has 1 aromatic heterocycles. The topological polar surface area (TPSA) is 91.5 Å². The van der Waals surface area contributed by atoms with Crippen LogP contribution in [0.4, 0.5) is 10.1 Å². The lowest BCUT2D eigenvalue weighted by atomic mass is 10.2. The molecular weight excluding hydrogens is 279 g/mol. The fourth-order valence-corrected chi connectivity index (χ4v) is 1.81. The molecule has 0 amide bonds. The molecule has 112 valence electrons. The summed E-state index contributed by atoms with van der Waals surface area (Å²) in [5, 5.41) is 10.8. The number of furan rings is 1. The van der Waals surface area contributed by atoms with Crippen molar-refractivity contribution in [3.05, 3.63) is 57.8 Å². The van der Waals surface area contributed by atoms with Crippen molar-refractivity contribution in [2.75, 3.05) is 6.54 Å². The van der Waals surface area contributed by atoms with Gasteiger partial charge < -0.3 is 14.9 Å². The molecule has 0 saturated heterocycles. The van der Waals surface area contributed by atoms with Crippen molar-refractivity contribution in [1.82, 2.24) is 0 Å². The summed E-state index contributed by atoms with van der Waals surface area (Å²) < 4.78 is 23.9. The largest absolute Gasteiger partial charge is 0.479 e. The van der Waals surface area contributed by atoms with Crippen LogP contribution in [0, 0.1) is 15.9 Å². The number of hydrogen-bond acceptors (Lipinski definition) is 5. The number of ether oxygens (including phenoxy) is 1. The van der Waals surface area contributed by atoms with Gasteiger partial charge in [0.1, 0.15) is 23.9 Å². The van der Waals surface area contributed by atoms with Crippen LogP contribution in [-0.2, 0) is 13.0 Å². The summed E-state index contributed by atoms with van der Waals surface area (Å²) in [4.78, 5) is 10.2. The summed E-state index contributed by atoms with van der Waals surface area (Å²) in [6, 6.07) is 6.59. The van der Waals surface area contributed by atoms with Gasteiger partial charge in [0.15, 0.2) is 5.75 Å². The summed E-state index contributed by atoms with van der Waals surface area (Å²) in [7, 11) is 0. The normalized spacial score (nSPS) is 10.6. The molecule has 0 aliphatic carbocycles. The Morgan fingerprint density at radius 2 is 2.05 bits per heavy atom. The first-order chi connectivity index (χ1) is 10.1. The average Bonchev–Trinajstić information content (AvgIpc) is 2.90. The summed E-state index contributed by atoms with van der Waals surface area (Å²) in [5.41, 5.74) is 5.13. The first-order valence-electron chi connectivity index (χ1n) is 6.44. The van der Waals surface area contributed by atoms with E-state index < -0.39 is 10.7 Å². The maximum absolute atomic E-state index is 13.1. The van der Waals surface area contributed by atoms with E-state index in [4.69, 9.17) is 14.9 Å². The number of aryl methyl sites for hydroxylation is 1. The molecule has 1 aromatic carbocycles. The lowest BCUT2D eigenvalue weighted by Crippen LogP contribution is -2.00. The van der Waals surface area contributed by atoms with Crippen LogP contribution in [0.15, 0.2) is 34.7 Å². The Morgan fingerprint density at radius 3 is 2.76 bits per heavy atom. The maximum atomic E-state index is 13.1. The van der Waals surface area contributed by atoms with Gasteiger partial charge in [-0.05, 0) is 31.2 Å². The molecular formula is C14H15FN2O4. The number of hydrogen-bond donors (Lipinski definition) is 1. The fourth-order valence-electron chi connectivity index (χ4n) is 1.81. The van der Waals surface area contributed by atoms with Gasteiger partial charge in [-0.15, -0.1) is 0 Å². The Morgan fingerprint density at radius 1 is 1.29 bits per heavy atom. The molecule has 6 nitrogen and oxygen atoms in total. The van der Waals surface area contributed by atoms with Gasteiger partial charge in [0.05, 0.1) is 4.92 Å². The molecule has 0 aliphatic rings. The minimum absolute atomic E-state index is 0.00703. The van der Waals surface area contributed by atoms with Crippen LogP contribution in [0.3, 0.4) is 0 Å². The fraction of sp³-hybridized carbons (Fsp3) is 0.286. The summed E-state index contributed by atoms with van der Waals surface area (Å²) in [5.74, 6) is 0.562. The van der Waals surface area contributed by atoms with Gasteiger partial charge in [0.2, 0.25) is 0 Å². The van der Waals surface area contributed by atoms with Gasteiger partial charge in [-0.25, -0.2) is 4.39 Å². The molecule has 0 unspecified atom stereocenters. The van der Waals surface area contributed by atoms with Crippen molar-refractivity contribution in [3.63, 3.8) is 0 Å². The van der Waals surface area contributed by atoms with E-state index in [2.05, 4.69) is 0 Å². The molecule has 21 heavy (non-hydrogen) atoms. The van der Waals surface area contributed by atoms with E-state index in [1.54, 1.807) is 12.1 Å². The van der Waals surface area contributed by atoms with Crippen molar-refractivity contribution < 1.29 is 18.5 Å². The number of nitro groups is 1. The second-order valence-electron chi connectivity index (χ2n) is 4.42. The zero-order valence-corrected chi connectivity index (χ0v) is 11.3. The number of benzene rings is 1. The van der Waals surface area contributed by atoms with Gasteiger partial charge in [-0.1, -0.05) is 0 Å². The maximum Gasteiger partial charge on any atom is 0.311 e. The molecule has 2 aromatic rings. The standard InChI is InChI=1S/C14H15FN2O4/c15-10-3-6-13(17(18)19)14(8-10)20-9-12-5-4-11(21-12)2-1-7-16/h3-6,8H,1-2,7,9,16H2. The van der Waals surface area contributed by atoms with E-state index in [1.807, 2.05) is 0 Å². The number of nitro benzene ring substituents is 1. The van der Waals surface area contributed by atoms with Crippen molar-refractivity contribution in [2.24, 2.45) is 5.73 Å². The first-order valence-corrected chi connectivity index (χ1v) is 6.44. The average molecular weight is 294 g/mol. The number of rotatable bonds is 7. The first kappa shape index (κ1) is 15.0. The summed E-state index contributed by atoms with van der Waals surface area (Å²) in [6.07, 6.45) is 1.53. The van der Waals surface area contributed by atoms with E-state index in [1.165, 1.54) is 0 Å². The van der Waals surface area contributed by atoms with E-state index in [0.717, 1.165) is 36.8 Å². The molecule has 1 heterocycles. The van der Waals surface area contributed by atoms with Gasteiger partial charge in [0, 0.05) is 18.6 Å². The van der Waals surface area contributed by atoms with E-state index in [9.17, 15) is 14.5 Å². The van der Waals surface area contributed by atoms with Crippen molar-refractivity contribution in [3.8, 4) is 5.75 Å². The van der Waals surface area contributed by atoms with E-state index in [0.29, 0.717) is 12.3 Å². The number of halogens is 1. The molecule has 7 heteroatoms. The Kier molecular flexibility index (Phi) is 4.89. The lowest BCUT2D eigenvalue weighted by Gasteiger charge is -2.05. The predicted molar refractivity (Wildman–Crippen MR) is 73.5 cm³/mol. The van der Waals surface area contributed by atoms with Crippen LogP contribution in [0.5, 0.6) is 5.75 Å². The Hall–Kier alpha value is -2.41. The smallest absolute Gasteiger partial charge is 0.311 e. The van der Waals surface area contributed by atoms with Gasteiger partial charge in [0.25, 0.3) is 0 Å². The van der Waals surface area contributed by atoms with Gasteiger partial charge in [-0.3, -0.25) is 10.1 Å². The van der Waals surface area contributed by atoms with Crippen LogP contribution in [-0.4, -0.2) is 11.5 Å². The van der Waals surface area contributed by atoms with Crippen LogP contribution < -0.4 is 10.5 Å². The summed E-state index contributed by atoms with van der Waals surface area (Å²) in [6.45, 7) is 0.564. The number of nitrogens with two attached hydrogens (primary N) is 1. The third-order valence-electron chi connectivity index (χ3n) is 2.83. The quantitative estimate of drug-likeness (QED) is 0.626. The van der Waals surface area contributed by atoms with Crippen molar-refractivity contribution >= 4 is 5.69 Å². The molecule has 0 atom stereocenters. The second kappa shape index (κ2) is 6.85. The lowest BCUT2D eigenvalue weighted by molar-refractivity contribution is -0.386. The monoisotopic (exact) mass is 294 g/mol. The minimum Gasteiger partial charge on any atom is -0.479 e. The Balaban J connectivity index is 2.04. The zero-order chi connectivity index (χ0) is 15.2. The van der Waals surface area contributed by atoms with Crippen LogP contribution >= 0.6 is 0 Å². The SMILES string of the molecule is NCCCc1ccc(COc2cc(F)ccc2[N+](=O)[O-])o1. The van der Waals surface area contributed by atoms with Crippen LogP contribution in [0.1, 0.15) is 17.9 Å². The molecule has 0 spiro atoms. The van der Waals surface area contributed by atoms with Crippen molar-refractivity contribution in [2.45, 2.75) is 19.4 Å². The third kappa shape index (κ3) is 4.03. The molecule has 2 N–H and O–H groups in total. The molecule has 0 bridgehead atoms. The highest BCUT2D eigenvalue weighted by molar-refractivity contribution is 5.46. The second-order valence-corrected chi connectivity index (χ2v) is 4.42. The number of nitrogens with zero attached hydrogens (tertiary/aromatic N) is 1. The van der Waals surface area contributed by atoms with Crippen molar-refractivity contribution in [1.29, 1.82) is 0 Å². The highest BCUT2D eigenvalue weighted by Crippen LogP contribution is 2.28. The molecule has 0 saturated carbocycles. The highest BCUT2D eigenvalue weighted by Gasteiger charge is 2.16. The molecule has 2 rings (SSSR count). The molecule has 0 aliphatic heterocycles. The Bertz CT molecular complexity index is 627. The van der Waals surface area contributed by atoms with Crippen LogP contribution in [0.2, 0.25) is 0 Å². The summed E-state index contributed by atoms with van der Waals surface area (Å²) >= 11 is 0. The zero-order valence-electron chi connectivity index (χ0n) is 11.3. The van der Waals surface area contributed by atoms with Crippen LogP contribution in [0.25, 0.3) is 0 Å². The van der Waals surface area contributed by atoms with Gasteiger partial charge in [-0.2, -0.15) is 0 Å². The predicted octanol–water partition coefficient (Wildman–Crippen LogP) is 2.80. The molecule has 0 radical (unpaired) electrons.